The number of aryl methyl sites for hydroxylation is 1. The highest BCUT2D eigenvalue weighted by Gasteiger charge is 2.35. The summed E-state index contributed by atoms with van der Waals surface area (Å²) in [6.07, 6.45) is 1.47. The number of aromatic nitrogens is 1. The van der Waals surface area contributed by atoms with Gasteiger partial charge >= 0.3 is 5.97 Å². The number of esters is 1. The van der Waals surface area contributed by atoms with Crippen LogP contribution in [0.2, 0.25) is 0 Å². The Morgan fingerprint density at radius 1 is 1.24 bits per heavy atom. The molecule has 9 nitrogen and oxygen atoms in total. The van der Waals surface area contributed by atoms with Crippen molar-refractivity contribution in [2.24, 2.45) is 4.99 Å². The van der Waals surface area contributed by atoms with Crippen molar-refractivity contribution in [1.82, 2.24) is 4.57 Å². The van der Waals surface area contributed by atoms with E-state index in [4.69, 9.17) is 9.47 Å². The van der Waals surface area contributed by atoms with Gasteiger partial charge in [-0.1, -0.05) is 41.7 Å². The lowest BCUT2D eigenvalue weighted by molar-refractivity contribution is -0.385. The van der Waals surface area contributed by atoms with Crippen molar-refractivity contribution in [2.75, 3.05) is 6.61 Å². The standard InChI is InChI=1S/C27H27N3O6S/c1-6-35-26(32)23-17(5)28-27-29(24(23)19-9-7-8-10-21(19)36-15(2)3)25(31)22(37-27)14-18-12-11-16(4)20(13-18)30(33)34/h7-15,24H,6H2,1-5H3/b22-14+/t24-/m1/s1. The van der Waals surface area contributed by atoms with E-state index in [1.54, 1.807) is 45.0 Å². The van der Waals surface area contributed by atoms with E-state index in [0.717, 1.165) is 11.3 Å². The van der Waals surface area contributed by atoms with Crippen LogP contribution < -0.4 is 19.6 Å². The maximum atomic E-state index is 13.8. The molecule has 4 rings (SSSR count). The minimum atomic E-state index is -0.820. The van der Waals surface area contributed by atoms with Gasteiger partial charge < -0.3 is 9.47 Å². The Morgan fingerprint density at radius 3 is 2.65 bits per heavy atom. The summed E-state index contributed by atoms with van der Waals surface area (Å²) in [6, 6.07) is 11.3. The summed E-state index contributed by atoms with van der Waals surface area (Å²) in [4.78, 5) is 42.8. The van der Waals surface area contributed by atoms with Gasteiger partial charge in [-0.05, 0) is 52.3 Å². The van der Waals surface area contributed by atoms with Crippen LogP contribution in [0.15, 0.2) is 63.5 Å². The van der Waals surface area contributed by atoms with E-state index in [9.17, 15) is 19.7 Å². The molecule has 0 fully saturated rings. The second-order valence-electron chi connectivity index (χ2n) is 8.81. The fourth-order valence-electron chi connectivity index (χ4n) is 4.22. The number of nitrogens with zero attached hydrogens (tertiary/aromatic N) is 3. The van der Waals surface area contributed by atoms with E-state index in [1.807, 2.05) is 32.0 Å². The Bertz CT molecular complexity index is 1600. The Hall–Kier alpha value is -4.05. The number of thiazole rings is 1. The molecule has 2 aromatic carbocycles. The molecule has 10 heteroatoms. The Labute approximate surface area is 217 Å². The lowest BCUT2D eigenvalue weighted by Gasteiger charge is -2.26. The molecule has 0 radical (unpaired) electrons. The zero-order valence-corrected chi connectivity index (χ0v) is 22.0. The van der Waals surface area contributed by atoms with Gasteiger partial charge in [0.1, 0.15) is 11.8 Å². The first kappa shape index (κ1) is 26.0. The van der Waals surface area contributed by atoms with E-state index in [1.165, 1.54) is 10.6 Å². The van der Waals surface area contributed by atoms with Gasteiger partial charge in [-0.15, -0.1) is 0 Å². The van der Waals surface area contributed by atoms with E-state index in [-0.39, 0.29) is 29.5 Å². The molecule has 1 aromatic heterocycles. The molecule has 0 bridgehead atoms. The van der Waals surface area contributed by atoms with Gasteiger partial charge in [-0.3, -0.25) is 19.5 Å². The van der Waals surface area contributed by atoms with Crippen molar-refractivity contribution in [3.63, 3.8) is 0 Å². The summed E-state index contributed by atoms with van der Waals surface area (Å²) in [6.45, 7) is 9.06. The molecule has 192 valence electrons. The summed E-state index contributed by atoms with van der Waals surface area (Å²) in [5.41, 5.74) is 1.98. The lowest BCUT2D eigenvalue weighted by atomic mass is 9.95. The molecule has 1 atom stereocenters. The van der Waals surface area contributed by atoms with Crippen LogP contribution in [0.5, 0.6) is 5.75 Å². The lowest BCUT2D eigenvalue weighted by Crippen LogP contribution is -2.40. The third kappa shape index (κ3) is 5.10. The van der Waals surface area contributed by atoms with Crippen LogP contribution in [0, 0.1) is 17.0 Å². The fraction of sp³-hybridized carbons (Fsp3) is 0.296. The topological polar surface area (TPSA) is 113 Å². The largest absolute Gasteiger partial charge is 0.491 e. The van der Waals surface area contributed by atoms with E-state index in [0.29, 0.717) is 37.5 Å². The van der Waals surface area contributed by atoms with Gasteiger partial charge in [-0.25, -0.2) is 9.79 Å². The van der Waals surface area contributed by atoms with Gasteiger partial charge in [0.25, 0.3) is 11.2 Å². The van der Waals surface area contributed by atoms with Gasteiger partial charge in [-0.2, -0.15) is 0 Å². The first-order valence-electron chi connectivity index (χ1n) is 11.8. The number of para-hydroxylation sites is 1. The van der Waals surface area contributed by atoms with Crippen molar-refractivity contribution < 1.29 is 19.2 Å². The number of carbonyl (C=O) groups excluding carboxylic acids is 1. The number of benzene rings is 2. The van der Waals surface area contributed by atoms with Gasteiger partial charge in [0.2, 0.25) is 0 Å². The molecule has 2 heterocycles. The maximum absolute atomic E-state index is 13.8. The Morgan fingerprint density at radius 2 is 1.97 bits per heavy atom. The van der Waals surface area contributed by atoms with Gasteiger partial charge in [0, 0.05) is 17.2 Å². The van der Waals surface area contributed by atoms with Gasteiger partial charge in [0.05, 0.1) is 33.4 Å². The molecule has 0 unspecified atom stereocenters. The summed E-state index contributed by atoms with van der Waals surface area (Å²) < 4.78 is 13.2. The third-order valence-corrected chi connectivity index (χ3v) is 6.80. The molecule has 1 aliphatic heterocycles. The van der Waals surface area contributed by atoms with Crippen molar-refractivity contribution in [2.45, 2.75) is 46.8 Å². The number of nitro benzene ring substituents is 1. The minimum Gasteiger partial charge on any atom is -0.491 e. The molecule has 0 saturated heterocycles. The average molecular weight is 522 g/mol. The number of carbonyl (C=O) groups is 1. The molecule has 0 N–H and O–H groups in total. The van der Waals surface area contributed by atoms with Crippen molar-refractivity contribution in [3.8, 4) is 5.75 Å². The van der Waals surface area contributed by atoms with Crippen molar-refractivity contribution in [3.05, 3.63) is 100 Å². The van der Waals surface area contributed by atoms with Crippen LogP contribution in [0.3, 0.4) is 0 Å². The highest BCUT2D eigenvalue weighted by molar-refractivity contribution is 7.07. The predicted molar refractivity (Wildman–Crippen MR) is 140 cm³/mol. The third-order valence-electron chi connectivity index (χ3n) is 5.82. The molecule has 0 aliphatic carbocycles. The van der Waals surface area contributed by atoms with E-state index in [2.05, 4.69) is 4.99 Å². The monoisotopic (exact) mass is 521 g/mol. The number of nitro groups is 1. The highest BCUT2D eigenvalue weighted by atomic mass is 32.1. The van der Waals surface area contributed by atoms with Crippen LogP contribution in [0.1, 0.15) is 50.4 Å². The molecular weight excluding hydrogens is 494 g/mol. The fourth-order valence-corrected chi connectivity index (χ4v) is 5.26. The summed E-state index contributed by atoms with van der Waals surface area (Å²) >= 11 is 1.16. The molecule has 0 amide bonds. The zero-order chi connectivity index (χ0) is 26.9. The first-order chi connectivity index (χ1) is 17.6. The van der Waals surface area contributed by atoms with Crippen LogP contribution in [-0.2, 0) is 9.53 Å². The van der Waals surface area contributed by atoms with Crippen molar-refractivity contribution in [1.29, 1.82) is 0 Å². The first-order valence-corrected chi connectivity index (χ1v) is 12.6. The van der Waals surface area contributed by atoms with Crippen LogP contribution in [0.4, 0.5) is 5.69 Å². The smallest absolute Gasteiger partial charge is 0.338 e. The second kappa shape index (κ2) is 10.5. The predicted octanol–water partition coefficient (Wildman–Crippen LogP) is 3.80. The normalized spacial score (nSPS) is 15.4. The number of hydrogen-bond donors (Lipinski definition) is 0. The average Bonchev–Trinajstić information content (AvgIpc) is 3.13. The zero-order valence-electron chi connectivity index (χ0n) is 21.2. The van der Waals surface area contributed by atoms with Crippen LogP contribution in [0.25, 0.3) is 6.08 Å². The number of rotatable bonds is 7. The molecule has 37 heavy (non-hydrogen) atoms. The summed E-state index contributed by atoms with van der Waals surface area (Å²) in [5.74, 6) is -0.0146. The summed E-state index contributed by atoms with van der Waals surface area (Å²) in [7, 11) is 0. The minimum absolute atomic E-state index is 0.0281. The highest BCUT2D eigenvalue weighted by Crippen LogP contribution is 2.36. The molecule has 1 aliphatic rings. The Kier molecular flexibility index (Phi) is 7.40. The van der Waals surface area contributed by atoms with Crippen LogP contribution in [-0.4, -0.2) is 28.2 Å². The SMILES string of the molecule is CCOC(=O)C1=C(C)N=c2s/c(=C/c3ccc(C)c([N+](=O)[O-])c3)c(=O)n2[C@@H]1c1ccccc1OC(C)C. The maximum Gasteiger partial charge on any atom is 0.338 e. The van der Waals surface area contributed by atoms with E-state index >= 15 is 0 Å². The molecule has 3 aromatic rings. The van der Waals surface area contributed by atoms with Crippen LogP contribution >= 0.6 is 11.3 Å². The number of ether oxygens (including phenoxy) is 2. The molecule has 0 saturated carbocycles. The molecule has 0 spiro atoms. The Balaban J connectivity index is 1.98. The van der Waals surface area contributed by atoms with Crippen molar-refractivity contribution >= 4 is 29.1 Å². The summed E-state index contributed by atoms with van der Waals surface area (Å²) in [5, 5.41) is 11.4. The number of fused-ring (bicyclic) bond motifs is 1. The quantitative estimate of drug-likeness (QED) is 0.266. The van der Waals surface area contributed by atoms with Gasteiger partial charge in [0.15, 0.2) is 4.80 Å². The number of allylic oxidation sites excluding steroid dienone is 1. The number of hydrogen-bond acceptors (Lipinski definition) is 8. The van der Waals surface area contributed by atoms with E-state index < -0.39 is 16.9 Å². The molecular formula is C27H27N3O6S. The second-order valence-corrected chi connectivity index (χ2v) is 9.82.